The van der Waals surface area contributed by atoms with Crippen LogP contribution in [0.5, 0.6) is 0 Å². The van der Waals surface area contributed by atoms with Gasteiger partial charge in [0.15, 0.2) is 0 Å². The lowest BCUT2D eigenvalue weighted by Crippen LogP contribution is -2.51. The molecule has 3 atom stereocenters. The number of benzene rings is 1. The highest BCUT2D eigenvalue weighted by molar-refractivity contribution is 5.98. The van der Waals surface area contributed by atoms with E-state index >= 15 is 0 Å². The van der Waals surface area contributed by atoms with Gasteiger partial charge in [-0.2, -0.15) is 0 Å². The monoisotopic (exact) mass is 320 g/mol. The largest absolute Gasteiger partial charge is 0.326 e. The minimum atomic E-state index is -0.251. The Morgan fingerprint density at radius 3 is 2.71 bits per heavy atom. The molecule has 1 amide bonds. The van der Waals surface area contributed by atoms with E-state index in [2.05, 4.69) is 42.1 Å². The Bertz CT molecular complexity index is 729. The molecule has 0 radical (unpaired) electrons. The highest BCUT2D eigenvalue weighted by Crippen LogP contribution is 2.64. The van der Waals surface area contributed by atoms with Gasteiger partial charge in [0.25, 0.3) is 0 Å². The summed E-state index contributed by atoms with van der Waals surface area (Å²) in [4.78, 5) is 15.4. The van der Waals surface area contributed by atoms with E-state index in [0.29, 0.717) is 0 Å². The van der Waals surface area contributed by atoms with Crippen LogP contribution in [0, 0.1) is 11.3 Å². The van der Waals surface area contributed by atoms with Crippen LogP contribution < -0.4 is 5.32 Å². The lowest BCUT2D eigenvalue weighted by Gasteiger charge is -2.43. The van der Waals surface area contributed by atoms with Gasteiger partial charge in [0.1, 0.15) is 0 Å². The predicted octanol–water partition coefficient (Wildman–Crippen LogP) is 3.52. The van der Waals surface area contributed by atoms with E-state index in [9.17, 15) is 4.79 Å². The van der Waals surface area contributed by atoms with Crippen LogP contribution in [-0.2, 0) is 10.2 Å². The first-order valence-electron chi connectivity index (χ1n) is 8.65. The SMILES string of the molecule is C=CCN1CC[C@]23c4ccccc4NC(=O)[C@@H]2CC(C=C)(C=C)C13. The quantitative estimate of drug-likeness (QED) is 0.861. The number of likely N-dealkylation sites (tertiary alicyclic amines) is 1. The number of rotatable bonds is 4. The molecule has 1 aliphatic carbocycles. The molecule has 0 aromatic heterocycles. The first-order valence-corrected chi connectivity index (χ1v) is 8.65. The number of carbonyl (C=O) groups excluding carboxylic acids is 1. The van der Waals surface area contributed by atoms with Crippen LogP contribution >= 0.6 is 0 Å². The van der Waals surface area contributed by atoms with Crippen LogP contribution in [0.25, 0.3) is 0 Å². The number of nitrogens with zero attached hydrogens (tertiary/aromatic N) is 1. The van der Waals surface area contributed by atoms with Gasteiger partial charge in [0.2, 0.25) is 5.91 Å². The Morgan fingerprint density at radius 2 is 2.00 bits per heavy atom. The second-order valence-electron chi connectivity index (χ2n) is 7.29. The predicted molar refractivity (Wildman–Crippen MR) is 97.9 cm³/mol. The smallest absolute Gasteiger partial charge is 0.228 e. The van der Waals surface area contributed by atoms with Crippen LogP contribution in [0.15, 0.2) is 62.2 Å². The first-order chi connectivity index (χ1) is 11.6. The molecule has 2 fully saturated rings. The molecule has 1 spiro atoms. The first kappa shape index (κ1) is 15.4. The van der Waals surface area contributed by atoms with Crippen molar-refractivity contribution in [3.05, 3.63) is 67.8 Å². The molecule has 3 nitrogen and oxygen atoms in total. The van der Waals surface area contributed by atoms with Gasteiger partial charge in [0.05, 0.1) is 5.92 Å². The van der Waals surface area contributed by atoms with Gasteiger partial charge in [-0.05, 0) is 31.0 Å². The second-order valence-corrected chi connectivity index (χ2v) is 7.29. The summed E-state index contributed by atoms with van der Waals surface area (Å²) in [5, 5.41) is 3.13. The van der Waals surface area contributed by atoms with E-state index in [1.54, 1.807) is 0 Å². The summed E-state index contributed by atoms with van der Waals surface area (Å²) >= 11 is 0. The van der Waals surface area contributed by atoms with Crippen LogP contribution in [0.2, 0.25) is 0 Å². The van der Waals surface area contributed by atoms with Crippen molar-refractivity contribution in [2.75, 3.05) is 18.4 Å². The van der Waals surface area contributed by atoms with E-state index in [-0.39, 0.29) is 28.7 Å². The molecule has 124 valence electrons. The Morgan fingerprint density at radius 1 is 1.25 bits per heavy atom. The molecule has 2 aliphatic heterocycles. The fourth-order valence-electron chi connectivity index (χ4n) is 5.60. The van der Waals surface area contributed by atoms with E-state index in [1.165, 1.54) is 5.56 Å². The van der Waals surface area contributed by atoms with E-state index < -0.39 is 0 Å². The number of nitrogens with one attached hydrogen (secondary N) is 1. The molecule has 1 saturated heterocycles. The molecule has 4 rings (SSSR count). The molecule has 1 N–H and O–H groups in total. The van der Waals surface area contributed by atoms with E-state index in [4.69, 9.17) is 0 Å². The lowest BCUT2D eigenvalue weighted by molar-refractivity contribution is -0.122. The van der Waals surface area contributed by atoms with Crippen molar-refractivity contribution in [1.82, 2.24) is 4.90 Å². The third kappa shape index (κ3) is 1.68. The third-order valence-corrected chi connectivity index (χ3v) is 6.48. The summed E-state index contributed by atoms with van der Waals surface area (Å²) in [7, 11) is 0. The number of carbonyl (C=O) groups is 1. The highest BCUT2D eigenvalue weighted by atomic mass is 16.2. The number of amides is 1. The van der Waals surface area contributed by atoms with Gasteiger partial charge in [-0.1, -0.05) is 36.4 Å². The zero-order valence-electron chi connectivity index (χ0n) is 14.0. The molecular weight excluding hydrogens is 296 g/mol. The Kier molecular flexibility index (Phi) is 3.33. The van der Waals surface area contributed by atoms with Gasteiger partial charge in [-0.25, -0.2) is 0 Å². The normalized spacial score (nSPS) is 33.1. The van der Waals surface area contributed by atoms with Crippen LogP contribution in [0.1, 0.15) is 18.4 Å². The number of anilines is 1. The maximum Gasteiger partial charge on any atom is 0.228 e. The summed E-state index contributed by atoms with van der Waals surface area (Å²) < 4.78 is 0. The van der Waals surface area contributed by atoms with Crippen molar-refractivity contribution in [2.45, 2.75) is 24.3 Å². The zero-order valence-corrected chi connectivity index (χ0v) is 14.0. The number of fused-ring (bicyclic) bond motifs is 1. The van der Waals surface area contributed by atoms with Crippen molar-refractivity contribution in [2.24, 2.45) is 11.3 Å². The lowest BCUT2D eigenvalue weighted by atomic mass is 9.65. The fraction of sp³-hybridized carbons (Fsp3) is 0.381. The van der Waals surface area contributed by atoms with Crippen molar-refractivity contribution < 1.29 is 4.79 Å². The second kappa shape index (κ2) is 5.18. The highest BCUT2D eigenvalue weighted by Gasteiger charge is 2.68. The molecule has 3 aliphatic rings. The van der Waals surface area contributed by atoms with E-state index in [0.717, 1.165) is 31.6 Å². The summed E-state index contributed by atoms with van der Waals surface area (Å²) in [5.41, 5.74) is 1.83. The molecule has 3 heteroatoms. The van der Waals surface area contributed by atoms with Gasteiger partial charge in [-0.15, -0.1) is 19.7 Å². The summed E-state index contributed by atoms with van der Waals surface area (Å²) in [6, 6.07) is 8.49. The Labute approximate surface area is 143 Å². The summed E-state index contributed by atoms with van der Waals surface area (Å²) in [6.45, 7) is 14.0. The number of hydrogen-bond acceptors (Lipinski definition) is 2. The molecule has 2 heterocycles. The summed E-state index contributed by atoms with van der Waals surface area (Å²) in [5.74, 6) is 0.105. The number of para-hydroxylation sites is 1. The van der Waals surface area contributed by atoms with Gasteiger partial charge < -0.3 is 5.32 Å². The van der Waals surface area contributed by atoms with E-state index in [1.807, 2.05) is 30.4 Å². The van der Waals surface area contributed by atoms with Crippen molar-refractivity contribution in [3.8, 4) is 0 Å². The molecule has 1 aromatic carbocycles. The summed E-state index contributed by atoms with van der Waals surface area (Å²) in [6.07, 6.45) is 7.75. The van der Waals surface area contributed by atoms with Crippen molar-refractivity contribution in [3.63, 3.8) is 0 Å². The molecule has 24 heavy (non-hydrogen) atoms. The van der Waals surface area contributed by atoms with Crippen LogP contribution in [0.3, 0.4) is 0 Å². The number of hydrogen-bond donors (Lipinski definition) is 1. The average Bonchev–Trinajstić information content (AvgIpc) is 3.11. The topological polar surface area (TPSA) is 32.3 Å². The maximum atomic E-state index is 12.9. The Balaban J connectivity index is 1.98. The van der Waals surface area contributed by atoms with Gasteiger partial charge in [-0.3, -0.25) is 9.69 Å². The van der Waals surface area contributed by atoms with Crippen LogP contribution in [0.4, 0.5) is 5.69 Å². The Hall–Kier alpha value is -2.13. The molecule has 0 bridgehead atoms. The minimum absolute atomic E-state index is 0.0387. The standard InChI is InChI=1S/C21H24N2O/c1-4-12-23-13-11-21-15-9-7-8-10-17(15)22-18(24)16(21)14-20(5-2,6-3)19(21)23/h4-10,16,19H,1-3,11-14H2,(H,22,24)/t16-,19?,21-/m0/s1. The van der Waals surface area contributed by atoms with Crippen molar-refractivity contribution in [1.29, 1.82) is 0 Å². The molecule has 1 saturated carbocycles. The molecule has 1 aromatic rings. The third-order valence-electron chi connectivity index (χ3n) is 6.48. The van der Waals surface area contributed by atoms with Crippen molar-refractivity contribution >= 4 is 11.6 Å². The van der Waals surface area contributed by atoms with Crippen LogP contribution in [-0.4, -0.2) is 29.9 Å². The fourth-order valence-corrected chi connectivity index (χ4v) is 5.60. The molecular formula is C21H24N2O. The maximum absolute atomic E-state index is 12.9. The van der Waals surface area contributed by atoms with Gasteiger partial charge in [0, 0.05) is 29.1 Å². The average molecular weight is 320 g/mol. The van der Waals surface area contributed by atoms with Gasteiger partial charge >= 0.3 is 0 Å². The zero-order chi connectivity index (χ0) is 16.9. The minimum Gasteiger partial charge on any atom is -0.326 e. The molecule has 1 unspecified atom stereocenters.